The maximum atomic E-state index is 12.4. The first-order valence-corrected chi connectivity index (χ1v) is 5.85. The molecule has 0 amide bonds. The summed E-state index contributed by atoms with van der Waals surface area (Å²) in [5.74, 6) is 0. The molecule has 0 heterocycles. The van der Waals surface area contributed by atoms with Gasteiger partial charge in [0.2, 0.25) is 0 Å². The zero-order chi connectivity index (χ0) is 13.6. The molecular formula is C13H19F2NO2. The van der Waals surface area contributed by atoms with E-state index in [4.69, 9.17) is 5.11 Å². The second-order valence-corrected chi connectivity index (χ2v) is 4.49. The molecular weight excluding hydrogens is 240 g/mol. The zero-order valence-electron chi connectivity index (χ0n) is 10.4. The third-order valence-corrected chi connectivity index (χ3v) is 2.74. The molecule has 0 aliphatic rings. The fraction of sp³-hybridized carbons (Fsp3) is 0.538. The van der Waals surface area contributed by atoms with E-state index in [0.29, 0.717) is 5.56 Å². The number of nitrogens with zero attached hydrogens (tertiary/aromatic N) is 1. The lowest BCUT2D eigenvalue weighted by atomic mass is 9.95. The van der Waals surface area contributed by atoms with Crippen LogP contribution in [0.15, 0.2) is 30.3 Å². The Morgan fingerprint density at radius 3 is 2.39 bits per heavy atom. The van der Waals surface area contributed by atoms with E-state index in [1.165, 1.54) is 4.90 Å². The summed E-state index contributed by atoms with van der Waals surface area (Å²) in [5.41, 5.74) is -0.548. The van der Waals surface area contributed by atoms with E-state index in [1.54, 1.807) is 31.2 Å². The maximum Gasteiger partial charge on any atom is 0.251 e. The highest BCUT2D eigenvalue weighted by molar-refractivity contribution is 5.21. The van der Waals surface area contributed by atoms with Crippen LogP contribution in [0.4, 0.5) is 8.78 Å². The minimum atomic E-state index is -2.48. The van der Waals surface area contributed by atoms with Gasteiger partial charge in [-0.05, 0) is 12.5 Å². The van der Waals surface area contributed by atoms with Crippen molar-refractivity contribution in [3.63, 3.8) is 0 Å². The van der Waals surface area contributed by atoms with Crippen molar-refractivity contribution in [3.8, 4) is 0 Å². The van der Waals surface area contributed by atoms with Crippen molar-refractivity contribution in [1.29, 1.82) is 0 Å². The van der Waals surface area contributed by atoms with Crippen LogP contribution in [0.1, 0.15) is 12.5 Å². The molecule has 0 aromatic heterocycles. The zero-order valence-corrected chi connectivity index (χ0v) is 10.4. The van der Waals surface area contributed by atoms with Crippen molar-refractivity contribution < 1.29 is 19.0 Å². The van der Waals surface area contributed by atoms with Gasteiger partial charge < -0.3 is 10.2 Å². The molecule has 0 spiro atoms. The third-order valence-electron chi connectivity index (χ3n) is 2.74. The van der Waals surface area contributed by atoms with Crippen molar-refractivity contribution in [1.82, 2.24) is 4.90 Å². The second-order valence-electron chi connectivity index (χ2n) is 4.49. The molecule has 3 nitrogen and oxygen atoms in total. The van der Waals surface area contributed by atoms with E-state index >= 15 is 0 Å². The smallest absolute Gasteiger partial charge is 0.251 e. The first kappa shape index (κ1) is 15.0. The van der Waals surface area contributed by atoms with Gasteiger partial charge in [-0.2, -0.15) is 0 Å². The van der Waals surface area contributed by atoms with E-state index in [9.17, 15) is 13.9 Å². The Kier molecular flexibility index (Phi) is 5.65. The van der Waals surface area contributed by atoms with E-state index < -0.39 is 18.6 Å². The van der Waals surface area contributed by atoms with Gasteiger partial charge in [0.05, 0.1) is 18.8 Å². The Hall–Kier alpha value is -1.04. The molecule has 0 saturated heterocycles. The van der Waals surface area contributed by atoms with Crippen molar-refractivity contribution in [2.75, 3.05) is 26.2 Å². The molecule has 0 aliphatic carbocycles. The van der Waals surface area contributed by atoms with E-state index in [1.807, 2.05) is 6.07 Å². The standard InChI is InChI=1S/C13H19F2NO2/c1-13(18,11-5-3-2-4-6-11)10-16(7-8-17)9-12(14)15/h2-6,12,17-18H,7-10H2,1H3. The number of halogens is 2. The summed E-state index contributed by atoms with van der Waals surface area (Å²) in [6.45, 7) is 1.09. The molecule has 0 aliphatic heterocycles. The SMILES string of the molecule is CC(O)(CN(CCO)CC(F)F)c1ccccc1. The van der Waals surface area contributed by atoms with Crippen molar-refractivity contribution in [2.45, 2.75) is 19.0 Å². The van der Waals surface area contributed by atoms with Gasteiger partial charge in [0.25, 0.3) is 6.43 Å². The molecule has 1 aromatic rings. The Bertz CT molecular complexity index is 344. The van der Waals surface area contributed by atoms with Crippen LogP contribution in [0.5, 0.6) is 0 Å². The fourth-order valence-electron chi connectivity index (χ4n) is 1.90. The highest BCUT2D eigenvalue weighted by Crippen LogP contribution is 2.21. The molecule has 1 atom stereocenters. The second kappa shape index (κ2) is 6.78. The van der Waals surface area contributed by atoms with E-state index in [-0.39, 0.29) is 19.7 Å². The van der Waals surface area contributed by atoms with Crippen LogP contribution in [0.3, 0.4) is 0 Å². The Labute approximate surface area is 106 Å². The lowest BCUT2D eigenvalue weighted by Gasteiger charge is -2.31. The molecule has 102 valence electrons. The maximum absolute atomic E-state index is 12.4. The molecule has 0 radical (unpaired) electrons. The highest BCUT2D eigenvalue weighted by atomic mass is 19.3. The first-order chi connectivity index (χ1) is 8.45. The lowest BCUT2D eigenvalue weighted by molar-refractivity contribution is -0.00825. The van der Waals surface area contributed by atoms with Gasteiger partial charge in [-0.1, -0.05) is 30.3 Å². The molecule has 1 rings (SSSR count). The van der Waals surface area contributed by atoms with Gasteiger partial charge in [0.1, 0.15) is 0 Å². The van der Waals surface area contributed by atoms with Crippen LogP contribution in [-0.2, 0) is 5.60 Å². The number of alkyl halides is 2. The van der Waals surface area contributed by atoms with Crippen LogP contribution in [0, 0.1) is 0 Å². The van der Waals surface area contributed by atoms with E-state index in [0.717, 1.165) is 0 Å². The Balaban J connectivity index is 2.72. The summed E-state index contributed by atoms with van der Waals surface area (Å²) in [4.78, 5) is 1.36. The summed E-state index contributed by atoms with van der Waals surface area (Å²) in [7, 11) is 0. The monoisotopic (exact) mass is 259 g/mol. The Morgan fingerprint density at radius 2 is 1.89 bits per heavy atom. The van der Waals surface area contributed by atoms with Gasteiger partial charge in [-0.3, -0.25) is 4.90 Å². The lowest BCUT2D eigenvalue weighted by Crippen LogP contribution is -2.42. The van der Waals surface area contributed by atoms with Crippen LogP contribution in [0.25, 0.3) is 0 Å². The summed E-state index contributed by atoms with van der Waals surface area (Å²) >= 11 is 0. The third kappa shape index (κ3) is 4.68. The molecule has 0 bridgehead atoms. The number of aliphatic hydroxyl groups is 2. The number of aliphatic hydroxyl groups excluding tert-OH is 1. The molecule has 5 heteroatoms. The molecule has 1 aromatic carbocycles. The van der Waals surface area contributed by atoms with Crippen molar-refractivity contribution in [2.24, 2.45) is 0 Å². The van der Waals surface area contributed by atoms with Crippen molar-refractivity contribution >= 4 is 0 Å². The molecule has 2 N–H and O–H groups in total. The topological polar surface area (TPSA) is 43.7 Å². The predicted molar refractivity (Wildman–Crippen MR) is 65.5 cm³/mol. The van der Waals surface area contributed by atoms with Crippen molar-refractivity contribution in [3.05, 3.63) is 35.9 Å². The minimum absolute atomic E-state index is 0.0575. The molecule has 0 saturated carbocycles. The van der Waals surface area contributed by atoms with E-state index in [2.05, 4.69) is 0 Å². The quantitative estimate of drug-likeness (QED) is 0.779. The van der Waals surface area contributed by atoms with Gasteiger partial charge in [-0.25, -0.2) is 8.78 Å². The summed E-state index contributed by atoms with van der Waals surface area (Å²) < 4.78 is 24.8. The number of rotatable bonds is 7. The predicted octanol–water partition coefficient (Wildman–Crippen LogP) is 1.45. The highest BCUT2D eigenvalue weighted by Gasteiger charge is 2.27. The van der Waals surface area contributed by atoms with Gasteiger partial charge in [0, 0.05) is 13.1 Å². The van der Waals surface area contributed by atoms with Crippen LogP contribution >= 0.6 is 0 Å². The average Bonchev–Trinajstić information content (AvgIpc) is 2.29. The molecule has 0 fully saturated rings. The number of hydrogen-bond acceptors (Lipinski definition) is 3. The normalized spacial score (nSPS) is 15.1. The van der Waals surface area contributed by atoms with Gasteiger partial charge in [0.15, 0.2) is 0 Å². The average molecular weight is 259 g/mol. The number of hydrogen-bond donors (Lipinski definition) is 2. The largest absolute Gasteiger partial charge is 0.395 e. The van der Waals surface area contributed by atoms with Crippen LogP contribution < -0.4 is 0 Å². The summed E-state index contributed by atoms with van der Waals surface area (Å²) in [6.07, 6.45) is -2.48. The summed E-state index contributed by atoms with van der Waals surface area (Å²) in [6, 6.07) is 8.89. The fourth-order valence-corrected chi connectivity index (χ4v) is 1.90. The molecule has 18 heavy (non-hydrogen) atoms. The Morgan fingerprint density at radius 1 is 1.28 bits per heavy atom. The number of benzene rings is 1. The molecule has 1 unspecified atom stereocenters. The first-order valence-electron chi connectivity index (χ1n) is 5.85. The van der Waals surface area contributed by atoms with Crippen LogP contribution in [-0.4, -0.2) is 47.8 Å². The van der Waals surface area contributed by atoms with Gasteiger partial charge in [-0.15, -0.1) is 0 Å². The van der Waals surface area contributed by atoms with Gasteiger partial charge >= 0.3 is 0 Å². The van der Waals surface area contributed by atoms with Crippen LogP contribution in [0.2, 0.25) is 0 Å². The summed E-state index contributed by atoms with van der Waals surface area (Å²) in [5, 5.41) is 19.2. The minimum Gasteiger partial charge on any atom is -0.395 e.